The van der Waals surface area contributed by atoms with E-state index in [2.05, 4.69) is 15.5 Å². The number of rotatable bonds is 5. The molecule has 2 aromatic heterocycles. The highest BCUT2D eigenvalue weighted by atomic mass is 16.3. The number of nitrogen functional groups attached to an aromatic ring is 1. The lowest BCUT2D eigenvalue weighted by Gasteiger charge is -2.37. The molecule has 4 N–H and O–H groups in total. The molecule has 0 bridgehead atoms. The maximum atomic E-state index is 12.4. The number of anilines is 1. The van der Waals surface area contributed by atoms with E-state index in [1.807, 2.05) is 20.2 Å². The number of nitrogens with two attached hydrogens (primary N) is 1. The van der Waals surface area contributed by atoms with E-state index in [0.717, 1.165) is 11.3 Å². The van der Waals surface area contributed by atoms with E-state index in [4.69, 9.17) is 5.73 Å². The van der Waals surface area contributed by atoms with Crippen molar-refractivity contribution in [1.29, 1.82) is 0 Å². The van der Waals surface area contributed by atoms with E-state index in [1.165, 1.54) is 4.68 Å². The molecule has 8 heteroatoms. The highest BCUT2D eigenvalue weighted by Gasteiger charge is 2.36. The molecule has 2 aromatic rings. The van der Waals surface area contributed by atoms with Crippen LogP contribution >= 0.6 is 0 Å². The second-order valence-corrected chi connectivity index (χ2v) is 6.25. The molecule has 3 rings (SSSR count). The molecule has 0 aliphatic heterocycles. The number of hydrogen-bond acceptors (Lipinski definition) is 5. The molecule has 0 radical (unpaired) electrons. The monoisotopic (exact) mass is 318 g/mol. The number of aliphatic hydroxyl groups excluding tert-OH is 1. The third kappa shape index (κ3) is 3.37. The van der Waals surface area contributed by atoms with Crippen molar-refractivity contribution in [1.82, 2.24) is 24.9 Å². The molecule has 1 aliphatic rings. The Bertz CT molecular complexity index is 701. The second kappa shape index (κ2) is 6.04. The fourth-order valence-corrected chi connectivity index (χ4v) is 3.02. The van der Waals surface area contributed by atoms with Gasteiger partial charge in [-0.05, 0) is 25.7 Å². The summed E-state index contributed by atoms with van der Waals surface area (Å²) in [5.41, 5.74) is 7.55. The van der Waals surface area contributed by atoms with Gasteiger partial charge in [0, 0.05) is 24.9 Å². The highest BCUT2D eigenvalue weighted by Crippen LogP contribution is 2.37. The van der Waals surface area contributed by atoms with Crippen LogP contribution in [0.25, 0.3) is 0 Å². The Hall–Kier alpha value is -2.35. The first-order valence-electron chi connectivity index (χ1n) is 7.68. The third-order valence-electron chi connectivity index (χ3n) is 4.25. The molecule has 8 nitrogen and oxygen atoms in total. The summed E-state index contributed by atoms with van der Waals surface area (Å²) in [4.78, 5) is 12.4. The van der Waals surface area contributed by atoms with Gasteiger partial charge >= 0.3 is 0 Å². The van der Waals surface area contributed by atoms with Crippen LogP contribution in [-0.4, -0.2) is 36.7 Å². The second-order valence-electron chi connectivity index (χ2n) is 6.25. The van der Waals surface area contributed by atoms with Gasteiger partial charge in [-0.15, -0.1) is 0 Å². The Labute approximate surface area is 134 Å². The van der Waals surface area contributed by atoms with Crippen LogP contribution in [-0.2, 0) is 18.4 Å². The molecule has 0 saturated heterocycles. The van der Waals surface area contributed by atoms with Crippen LogP contribution in [0.3, 0.4) is 0 Å². The predicted molar refractivity (Wildman–Crippen MR) is 84.2 cm³/mol. The van der Waals surface area contributed by atoms with Crippen molar-refractivity contribution in [2.75, 3.05) is 5.73 Å². The van der Waals surface area contributed by atoms with Crippen molar-refractivity contribution in [3.63, 3.8) is 0 Å². The Morgan fingerprint density at radius 3 is 2.83 bits per heavy atom. The average molecular weight is 318 g/mol. The smallest absolute Gasteiger partial charge is 0.242 e. The molecule has 124 valence electrons. The first kappa shape index (κ1) is 15.5. The molecular formula is C15H22N6O2. The minimum Gasteiger partial charge on any atom is -0.393 e. The molecule has 1 aliphatic carbocycles. The van der Waals surface area contributed by atoms with Crippen LogP contribution in [0.1, 0.15) is 30.1 Å². The van der Waals surface area contributed by atoms with E-state index in [0.29, 0.717) is 18.7 Å². The van der Waals surface area contributed by atoms with E-state index in [1.54, 1.807) is 16.9 Å². The fraction of sp³-hybridized carbons (Fsp3) is 0.533. The lowest BCUT2D eigenvalue weighted by atomic mass is 9.75. The topological polar surface area (TPSA) is 111 Å². The zero-order chi connectivity index (χ0) is 16.6. The zero-order valence-corrected chi connectivity index (χ0v) is 13.3. The molecule has 0 unspecified atom stereocenters. The number of nitrogens with one attached hydrogen (secondary N) is 1. The third-order valence-corrected chi connectivity index (χ3v) is 4.25. The lowest BCUT2D eigenvalue weighted by molar-refractivity contribution is -0.123. The molecule has 1 fully saturated rings. The van der Waals surface area contributed by atoms with Crippen molar-refractivity contribution >= 4 is 11.7 Å². The minimum absolute atomic E-state index is 0.0751. The Balaban J connectivity index is 1.70. The zero-order valence-electron chi connectivity index (χ0n) is 13.3. The summed E-state index contributed by atoms with van der Waals surface area (Å²) in [6.07, 6.45) is 4.73. The number of amides is 1. The number of carbonyl (C=O) groups is 1. The van der Waals surface area contributed by atoms with Crippen molar-refractivity contribution < 1.29 is 9.90 Å². The normalized spacial score (nSPS) is 21.7. The van der Waals surface area contributed by atoms with Gasteiger partial charge in [-0.1, -0.05) is 0 Å². The van der Waals surface area contributed by atoms with Crippen LogP contribution < -0.4 is 11.1 Å². The summed E-state index contributed by atoms with van der Waals surface area (Å²) in [5.74, 6) is 0.527. The van der Waals surface area contributed by atoms with Crippen LogP contribution in [0.15, 0.2) is 18.5 Å². The summed E-state index contributed by atoms with van der Waals surface area (Å²) in [5, 5.41) is 21.0. The van der Waals surface area contributed by atoms with E-state index in [9.17, 15) is 9.90 Å². The summed E-state index contributed by atoms with van der Waals surface area (Å²) in [7, 11) is 1.84. The van der Waals surface area contributed by atoms with Gasteiger partial charge in [0.05, 0.1) is 24.0 Å². The molecule has 0 aromatic carbocycles. The van der Waals surface area contributed by atoms with Gasteiger partial charge < -0.3 is 16.2 Å². The maximum absolute atomic E-state index is 12.4. The summed E-state index contributed by atoms with van der Waals surface area (Å²) in [6.45, 7) is 1.91. The molecule has 1 amide bonds. The van der Waals surface area contributed by atoms with Gasteiger partial charge in [0.25, 0.3) is 0 Å². The van der Waals surface area contributed by atoms with Crippen molar-refractivity contribution in [2.45, 2.75) is 38.5 Å². The molecule has 2 heterocycles. The van der Waals surface area contributed by atoms with E-state index in [-0.39, 0.29) is 30.5 Å². The van der Waals surface area contributed by atoms with Crippen molar-refractivity contribution in [3.8, 4) is 0 Å². The van der Waals surface area contributed by atoms with Crippen molar-refractivity contribution in [3.05, 3.63) is 29.7 Å². The van der Waals surface area contributed by atoms with Crippen LogP contribution in [0, 0.1) is 12.8 Å². The van der Waals surface area contributed by atoms with E-state index < -0.39 is 0 Å². The first-order valence-corrected chi connectivity index (χ1v) is 7.68. The first-order chi connectivity index (χ1) is 10.9. The number of aliphatic hydroxyl groups is 1. The Morgan fingerprint density at radius 2 is 2.30 bits per heavy atom. The lowest BCUT2D eigenvalue weighted by Crippen LogP contribution is -2.42. The molecule has 1 atom stereocenters. The van der Waals surface area contributed by atoms with Crippen LogP contribution in [0.2, 0.25) is 0 Å². The molecular weight excluding hydrogens is 296 g/mol. The number of aryl methyl sites for hydroxylation is 2. The van der Waals surface area contributed by atoms with Gasteiger partial charge in [0.2, 0.25) is 5.91 Å². The number of carbonyl (C=O) groups excluding carboxylic acids is 1. The van der Waals surface area contributed by atoms with Gasteiger partial charge in [0.15, 0.2) is 0 Å². The van der Waals surface area contributed by atoms with Crippen molar-refractivity contribution in [2.24, 2.45) is 13.0 Å². The Morgan fingerprint density at radius 1 is 1.57 bits per heavy atom. The largest absolute Gasteiger partial charge is 0.393 e. The number of nitrogens with zero attached hydrogens (tertiary/aromatic N) is 4. The van der Waals surface area contributed by atoms with Crippen LogP contribution in [0.5, 0.6) is 0 Å². The van der Waals surface area contributed by atoms with Gasteiger partial charge in [-0.2, -0.15) is 10.2 Å². The molecule has 0 spiro atoms. The number of hydrogen-bond donors (Lipinski definition) is 3. The van der Waals surface area contributed by atoms with Gasteiger partial charge in [-0.25, -0.2) is 4.68 Å². The van der Waals surface area contributed by atoms with E-state index >= 15 is 0 Å². The van der Waals surface area contributed by atoms with Crippen LogP contribution in [0.4, 0.5) is 5.82 Å². The summed E-state index contributed by atoms with van der Waals surface area (Å²) < 4.78 is 3.19. The minimum atomic E-state index is -0.277. The highest BCUT2D eigenvalue weighted by molar-refractivity contribution is 5.76. The molecule has 23 heavy (non-hydrogen) atoms. The molecule has 1 saturated carbocycles. The quantitative estimate of drug-likeness (QED) is 0.726. The maximum Gasteiger partial charge on any atom is 0.242 e. The standard InChI is InChI=1S/C15H22N6O2/c1-9-3-13(16)21(19-9)8-14(23)18-15(10-4-12(22)5-10)11-6-17-20(2)7-11/h3,6-7,10,12,15,22H,4-5,8,16H2,1-2H3,(H,18,23)/t10?,12?,15-/m1/s1. The summed E-state index contributed by atoms with van der Waals surface area (Å²) >= 11 is 0. The number of aromatic nitrogens is 4. The van der Waals surface area contributed by atoms with Gasteiger partial charge in [-0.3, -0.25) is 9.48 Å². The Kier molecular flexibility index (Phi) is 4.08. The summed E-state index contributed by atoms with van der Waals surface area (Å²) in [6, 6.07) is 1.58. The predicted octanol–water partition coefficient (Wildman–Crippen LogP) is 0.136. The van der Waals surface area contributed by atoms with Gasteiger partial charge in [0.1, 0.15) is 12.4 Å². The SMILES string of the molecule is Cc1cc(N)n(CC(=O)N[C@@H](c2cnn(C)c2)C2CC(O)C2)n1. The fourth-order valence-electron chi connectivity index (χ4n) is 3.02. The average Bonchev–Trinajstić information content (AvgIpc) is 2.99.